The van der Waals surface area contributed by atoms with E-state index in [1.165, 1.54) is 0 Å². The summed E-state index contributed by atoms with van der Waals surface area (Å²) < 4.78 is 15.3. The molecule has 1 unspecified atom stereocenters. The molecule has 0 aliphatic rings. The first-order valence-electron chi connectivity index (χ1n) is 4.30. The van der Waals surface area contributed by atoms with Gasteiger partial charge >= 0.3 is 0 Å². The second-order valence-electron chi connectivity index (χ2n) is 3.27. The van der Waals surface area contributed by atoms with Gasteiger partial charge in [-0.05, 0) is 48.3 Å². The molecular formula is C9H13BrN2OS. The number of nitrogens with one attached hydrogen (secondary N) is 1. The highest BCUT2D eigenvalue weighted by Gasteiger charge is 2.07. The van der Waals surface area contributed by atoms with Crippen molar-refractivity contribution < 1.29 is 4.21 Å². The number of halogens is 1. The van der Waals surface area contributed by atoms with Gasteiger partial charge in [0.1, 0.15) is 16.8 Å². The highest BCUT2D eigenvalue weighted by Crippen LogP contribution is 2.17. The average Bonchev–Trinajstić information content (AvgIpc) is 2.09. The Hall–Kier alpha value is -0.420. The van der Waals surface area contributed by atoms with Crippen LogP contribution >= 0.6 is 15.9 Å². The molecule has 3 nitrogen and oxygen atoms in total. The number of nitrogens with zero attached hydrogens (tertiary/aromatic N) is 1. The lowest BCUT2D eigenvalue weighted by molar-refractivity contribution is 0.680. The van der Waals surface area contributed by atoms with Crippen molar-refractivity contribution >= 4 is 32.7 Å². The molecule has 0 saturated heterocycles. The highest BCUT2D eigenvalue weighted by atomic mass is 79.9. The van der Waals surface area contributed by atoms with Crippen LogP contribution in [0.3, 0.4) is 0 Å². The number of hydrogen-bond donors (Lipinski definition) is 1. The fourth-order valence-electron chi connectivity index (χ4n) is 0.860. The van der Waals surface area contributed by atoms with Gasteiger partial charge in [-0.3, -0.25) is 4.72 Å². The van der Waals surface area contributed by atoms with Crippen LogP contribution < -0.4 is 4.72 Å². The molecule has 0 aromatic carbocycles. The summed E-state index contributed by atoms with van der Waals surface area (Å²) in [7, 11) is -1.07. The monoisotopic (exact) mass is 276 g/mol. The quantitative estimate of drug-likeness (QED) is 0.922. The molecule has 0 amide bonds. The zero-order valence-corrected chi connectivity index (χ0v) is 10.8. The molecule has 1 aromatic heterocycles. The lowest BCUT2D eigenvalue weighted by atomic mass is 10.3. The first kappa shape index (κ1) is 11.7. The van der Waals surface area contributed by atoms with Gasteiger partial charge in [0.2, 0.25) is 0 Å². The Balaban J connectivity index is 2.82. The third-order valence-electron chi connectivity index (χ3n) is 1.67. The van der Waals surface area contributed by atoms with Gasteiger partial charge in [-0.1, -0.05) is 0 Å². The Morgan fingerprint density at radius 1 is 1.57 bits per heavy atom. The molecule has 5 heteroatoms. The number of anilines is 1. The number of aryl methyl sites for hydroxylation is 1. The van der Waals surface area contributed by atoms with Gasteiger partial charge in [-0.2, -0.15) is 0 Å². The first-order valence-corrected chi connectivity index (χ1v) is 6.30. The van der Waals surface area contributed by atoms with Crippen LogP contribution in [0.2, 0.25) is 0 Å². The van der Waals surface area contributed by atoms with E-state index >= 15 is 0 Å². The van der Waals surface area contributed by atoms with E-state index in [1.54, 1.807) is 6.20 Å². The second-order valence-corrected chi connectivity index (χ2v) is 5.92. The molecule has 1 heterocycles. The van der Waals surface area contributed by atoms with Gasteiger partial charge in [0, 0.05) is 15.9 Å². The van der Waals surface area contributed by atoms with Crippen LogP contribution in [-0.4, -0.2) is 14.4 Å². The normalized spacial score (nSPS) is 12.9. The summed E-state index contributed by atoms with van der Waals surface area (Å²) in [5.74, 6) is 0.681. The van der Waals surface area contributed by atoms with E-state index in [9.17, 15) is 4.21 Å². The molecule has 1 rings (SSSR count). The Bertz CT molecular complexity index is 355. The smallest absolute Gasteiger partial charge is 0.140 e. The molecule has 1 atom stereocenters. The molecule has 0 fully saturated rings. The van der Waals surface area contributed by atoms with Gasteiger partial charge < -0.3 is 0 Å². The van der Waals surface area contributed by atoms with Gasteiger partial charge in [0.05, 0.1) is 0 Å². The van der Waals surface area contributed by atoms with Crippen molar-refractivity contribution in [2.45, 2.75) is 26.0 Å². The van der Waals surface area contributed by atoms with Crippen LogP contribution in [-0.2, 0) is 11.0 Å². The Labute approximate surface area is 95.0 Å². The van der Waals surface area contributed by atoms with Crippen molar-refractivity contribution in [3.8, 4) is 0 Å². The minimum absolute atomic E-state index is 0.0832. The SMILES string of the molecule is Cc1cc(Br)cnc1NS(=O)C(C)C. The molecule has 78 valence electrons. The van der Waals surface area contributed by atoms with Crippen LogP contribution in [0.25, 0.3) is 0 Å². The lowest BCUT2D eigenvalue weighted by Crippen LogP contribution is -2.16. The minimum atomic E-state index is -1.07. The molecule has 0 aliphatic carbocycles. The summed E-state index contributed by atoms with van der Waals surface area (Å²) in [6.07, 6.45) is 1.69. The van der Waals surface area contributed by atoms with Crippen molar-refractivity contribution in [2.75, 3.05) is 4.72 Å². The fraction of sp³-hybridized carbons (Fsp3) is 0.444. The molecule has 0 saturated carbocycles. The van der Waals surface area contributed by atoms with E-state index in [0.717, 1.165) is 10.0 Å². The summed E-state index contributed by atoms with van der Waals surface area (Å²) in [4.78, 5) is 4.15. The average molecular weight is 277 g/mol. The summed E-state index contributed by atoms with van der Waals surface area (Å²) in [5.41, 5.74) is 0.980. The summed E-state index contributed by atoms with van der Waals surface area (Å²) in [6, 6.07) is 1.94. The number of aromatic nitrogens is 1. The standard InChI is InChI=1S/C9H13BrN2OS/c1-6(2)14(13)12-9-7(3)4-8(10)5-11-9/h4-6H,1-3H3,(H,11,12). The van der Waals surface area contributed by atoms with E-state index in [4.69, 9.17) is 0 Å². The van der Waals surface area contributed by atoms with Crippen LogP contribution in [0.15, 0.2) is 16.7 Å². The van der Waals surface area contributed by atoms with Gasteiger partial charge in [0.15, 0.2) is 0 Å². The second kappa shape index (κ2) is 4.89. The lowest BCUT2D eigenvalue weighted by Gasteiger charge is -2.09. The molecule has 1 aromatic rings. The van der Waals surface area contributed by atoms with Crippen LogP contribution in [0.1, 0.15) is 19.4 Å². The maximum atomic E-state index is 11.5. The molecule has 1 N–H and O–H groups in total. The largest absolute Gasteiger partial charge is 0.289 e. The van der Waals surface area contributed by atoms with Crippen LogP contribution in [0.5, 0.6) is 0 Å². The molecule has 0 spiro atoms. The van der Waals surface area contributed by atoms with Gasteiger partial charge in [-0.15, -0.1) is 0 Å². The molecule has 0 aliphatic heterocycles. The predicted octanol–water partition coefficient (Wildman–Crippen LogP) is 2.64. The summed E-state index contributed by atoms with van der Waals surface area (Å²) in [5, 5.41) is 0.0832. The predicted molar refractivity (Wildman–Crippen MR) is 63.6 cm³/mol. The molecular weight excluding hydrogens is 264 g/mol. The topological polar surface area (TPSA) is 42.0 Å². The van der Waals surface area contributed by atoms with Crippen LogP contribution in [0, 0.1) is 6.92 Å². The Morgan fingerprint density at radius 3 is 2.71 bits per heavy atom. The van der Waals surface area contributed by atoms with E-state index in [0.29, 0.717) is 5.82 Å². The van der Waals surface area contributed by atoms with Crippen molar-refractivity contribution in [1.82, 2.24) is 4.98 Å². The molecule has 14 heavy (non-hydrogen) atoms. The van der Waals surface area contributed by atoms with Crippen molar-refractivity contribution in [1.29, 1.82) is 0 Å². The number of hydrogen-bond acceptors (Lipinski definition) is 2. The molecule has 0 radical (unpaired) electrons. The van der Waals surface area contributed by atoms with Gasteiger partial charge in [0.25, 0.3) is 0 Å². The molecule has 0 bridgehead atoms. The third-order valence-corrected chi connectivity index (χ3v) is 3.35. The van der Waals surface area contributed by atoms with Crippen molar-refractivity contribution in [3.63, 3.8) is 0 Å². The Morgan fingerprint density at radius 2 is 2.21 bits per heavy atom. The summed E-state index contributed by atoms with van der Waals surface area (Å²) >= 11 is 3.33. The fourth-order valence-corrected chi connectivity index (χ4v) is 1.95. The van der Waals surface area contributed by atoms with Crippen molar-refractivity contribution in [3.05, 3.63) is 22.3 Å². The maximum Gasteiger partial charge on any atom is 0.140 e. The van der Waals surface area contributed by atoms with E-state index in [-0.39, 0.29) is 5.25 Å². The summed E-state index contributed by atoms with van der Waals surface area (Å²) in [6.45, 7) is 5.73. The third kappa shape index (κ3) is 3.06. The van der Waals surface area contributed by atoms with E-state index in [1.807, 2.05) is 26.8 Å². The highest BCUT2D eigenvalue weighted by molar-refractivity contribution is 9.10. The number of pyridine rings is 1. The first-order chi connectivity index (χ1) is 6.50. The van der Waals surface area contributed by atoms with Gasteiger partial charge in [-0.25, -0.2) is 9.19 Å². The van der Waals surface area contributed by atoms with Crippen molar-refractivity contribution in [2.24, 2.45) is 0 Å². The number of rotatable bonds is 3. The van der Waals surface area contributed by atoms with E-state index < -0.39 is 11.0 Å². The zero-order valence-electron chi connectivity index (χ0n) is 8.37. The van der Waals surface area contributed by atoms with Crippen LogP contribution in [0.4, 0.5) is 5.82 Å². The maximum absolute atomic E-state index is 11.5. The zero-order chi connectivity index (χ0) is 10.7. The minimum Gasteiger partial charge on any atom is -0.289 e. The Kier molecular flexibility index (Phi) is 4.07. The van der Waals surface area contributed by atoms with E-state index in [2.05, 4.69) is 25.6 Å².